The minimum Gasteiger partial charge on any atom is -0.460 e. The SMILES string of the molecule is Nc1nc(OC(c2ccc(-c3cccc(F)c3)cc2)C(F)(F)F)cc(-c2ccc(CC(N)S(=O)(=O)O)cc2)n1.Nc1nc(OC(c2ccc(-c3cccc(F)c3)cc2)C(F)(F)F)cc(-c2ccc(CC(N)S(N)(=O)=O)cc2)n1.Nc1nc(OC(c2ccc(-c3cccc(F)c3)cc2)C(F)(F)F)cc(-c2ccc(CS(N)(=O)=O)cc2)n1. The van der Waals surface area contributed by atoms with E-state index in [0.29, 0.717) is 66.8 Å². The Labute approximate surface area is 648 Å². The van der Waals surface area contributed by atoms with Gasteiger partial charge in [-0.3, -0.25) is 4.55 Å². The number of nitrogen functional groups attached to an aromatic ring is 3. The second kappa shape index (κ2) is 35.5. The number of benzene rings is 9. The van der Waals surface area contributed by atoms with Crippen LogP contribution in [0.5, 0.6) is 17.6 Å². The number of nitrogens with two attached hydrogens (primary N) is 7. The van der Waals surface area contributed by atoms with Crippen molar-refractivity contribution in [3.63, 3.8) is 0 Å². The zero-order chi connectivity index (χ0) is 83.5. The highest BCUT2D eigenvalue weighted by Crippen LogP contribution is 2.42. The third kappa shape index (κ3) is 24.2. The summed E-state index contributed by atoms with van der Waals surface area (Å²) in [7, 11) is -12.1. The van der Waals surface area contributed by atoms with Gasteiger partial charge in [0.25, 0.3) is 10.1 Å². The lowest BCUT2D eigenvalue weighted by molar-refractivity contribution is -0.199. The second-order valence-electron chi connectivity index (χ2n) is 25.4. The third-order valence-electron chi connectivity index (χ3n) is 16.7. The van der Waals surface area contributed by atoms with Gasteiger partial charge in [-0.25, -0.2) is 55.2 Å². The van der Waals surface area contributed by atoms with Gasteiger partial charge in [-0.1, -0.05) is 182 Å². The number of ether oxygens (including phenoxy) is 3. The van der Waals surface area contributed by atoms with Crippen LogP contribution in [0.3, 0.4) is 0 Å². The van der Waals surface area contributed by atoms with Crippen LogP contribution in [0.25, 0.3) is 67.2 Å². The van der Waals surface area contributed by atoms with Gasteiger partial charge < -0.3 is 42.9 Å². The van der Waals surface area contributed by atoms with Crippen LogP contribution in [-0.2, 0) is 48.8 Å². The molecule has 0 saturated carbocycles. The molecule has 5 unspecified atom stereocenters. The number of primary sulfonamides is 2. The fourth-order valence-electron chi connectivity index (χ4n) is 11.2. The molecule has 9 aromatic carbocycles. The zero-order valence-electron chi connectivity index (χ0n) is 59.1. The molecule has 0 saturated heterocycles. The number of rotatable bonds is 23. The molecule has 0 aliphatic heterocycles. The molecule has 23 nitrogen and oxygen atoms in total. The van der Waals surface area contributed by atoms with E-state index in [9.17, 15) is 77.9 Å². The number of hydrogen-bond acceptors (Lipinski definition) is 20. The molecule has 38 heteroatoms. The number of alkyl halides is 9. The second-order valence-corrected chi connectivity index (χ2v) is 30.4. The highest BCUT2D eigenvalue weighted by atomic mass is 32.2. The molecule has 5 atom stereocenters. The first-order chi connectivity index (χ1) is 54.0. The van der Waals surface area contributed by atoms with Crippen LogP contribution in [0.1, 0.15) is 51.7 Å². The third-order valence-corrected chi connectivity index (χ3v) is 19.4. The number of aromatic nitrogens is 6. The Morgan fingerprint density at radius 2 is 0.600 bits per heavy atom. The number of sulfonamides is 2. The van der Waals surface area contributed by atoms with Crippen molar-refractivity contribution in [2.24, 2.45) is 21.7 Å². The predicted octanol–water partition coefficient (Wildman–Crippen LogP) is 14.3. The van der Waals surface area contributed by atoms with Crippen LogP contribution in [0.2, 0.25) is 0 Å². The minimum absolute atomic E-state index is 0.0371. The molecule has 3 aromatic heterocycles. The highest BCUT2D eigenvalue weighted by Gasteiger charge is 2.46. The van der Waals surface area contributed by atoms with E-state index < -0.39 is 113 Å². The van der Waals surface area contributed by atoms with Crippen LogP contribution in [-0.4, -0.2) is 89.0 Å². The van der Waals surface area contributed by atoms with E-state index in [1.165, 1.54) is 194 Å². The maximum absolute atomic E-state index is 14.0. The Balaban J connectivity index is 0.000000182. The summed E-state index contributed by atoms with van der Waals surface area (Å²) >= 11 is 0. The van der Waals surface area contributed by atoms with Crippen molar-refractivity contribution in [1.82, 2.24) is 29.9 Å². The van der Waals surface area contributed by atoms with Gasteiger partial charge in [-0.15, -0.1) is 0 Å². The monoisotopic (exact) mass is 1660 g/mol. The topological polar surface area (TPSA) is 410 Å². The molecule has 0 aliphatic rings. The van der Waals surface area contributed by atoms with E-state index in [1.807, 2.05) is 0 Å². The summed E-state index contributed by atoms with van der Waals surface area (Å²) in [6.07, 6.45) is -21.7. The number of anilines is 3. The molecule has 12 rings (SSSR count). The predicted molar refractivity (Wildman–Crippen MR) is 404 cm³/mol. The minimum atomic E-state index is -4.81. The fraction of sp³-hybridized carbons (Fsp3) is 0.143. The molecule has 600 valence electrons. The fourth-order valence-corrected chi connectivity index (χ4v) is 12.6. The molecule has 0 radical (unpaired) electrons. The van der Waals surface area contributed by atoms with Gasteiger partial charge in [-0.05, 0) is 86.5 Å². The van der Waals surface area contributed by atoms with Crippen molar-refractivity contribution in [3.8, 4) is 84.8 Å². The molecular weight excluding hydrogens is 1590 g/mol. The van der Waals surface area contributed by atoms with E-state index in [1.54, 1.807) is 42.5 Å². The zero-order valence-corrected chi connectivity index (χ0v) is 61.6. The van der Waals surface area contributed by atoms with Gasteiger partial charge in [0, 0.05) is 64.4 Å². The Morgan fingerprint density at radius 1 is 0.339 bits per heavy atom. The lowest BCUT2D eigenvalue weighted by Crippen LogP contribution is -2.37. The van der Waals surface area contributed by atoms with E-state index in [2.05, 4.69) is 29.9 Å². The smallest absolute Gasteiger partial charge is 0.429 e. The first-order valence-corrected chi connectivity index (χ1v) is 38.3. The molecule has 12 aromatic rings. The summed E-state index contributed by atoms with van der Waals surface area (Å²) in [5, 5.41) is 7.28. The van der Waals surface area contributed by atoms with Crippen molar-refractivity contribution in [2.75, 3.05) is 17.2 Å². The van der Waals surface area contributed by atoms with E-state index in [-0.39, 0.29) is 70.2 Å². The molecule has 0 bridgehead atoms. The van der Waals surface area contributed by atoms with Crippen molar-refractivity contribution in [1.29, 1.82) is 0 Å². The average molecular weight is 1660 g/mol. The summed E-state index contributed by atoms with van der Waals surface area (Å²) in [5.41, 5.74) is 34.1. The summed E-state index contributed by atoms with van der Waals surface area (Å²) in [6.45, 7) is 0. The van der Waals surface area contributed by atoms with Crippen LogP contribution in [0.15, 0.2) is 237 Å². The van der Waals surface area contributed by atoms with Crippen molar-refractivity contribution in [2.45, 2.75) is 66.2 Å². The molecule has 115 heavy (non-hydrogen) atoms. The summed E-state index contributed by atoms with van der Waals surface area (Å²) < 4.78 is 259. The van der Waals surface area contributed by atoms with E-state index in [0.717, 1.165) is 0 Å². The standard InChI is InChI=1S/C26H23F4N5O3S.C26H22F4N4O4S.C25H20F4N4O3S/c27-20-3-1-2-19(13-20)16-8-10-18(11-9-16)24(26(28,29)30)38-23-14-21(34-25(32)35-23)17-6-4-15(5-7-17)12-22(31)39(33,36)37;27-20-3-1-2-19(13-20)16-8-10-18(11-9-16)24(26(28,29)30)38-23-14-21(33-25(32)34-23)17-6-4-15(5-7-17)12-22(31)39(35,36)37;26-20-3-1-2-19(12-20)16-8-10-18(11-9-16)23(25(27,28)29)36-22-13-21(32-24(30)33-22)17-6-4-15(5-7-17)14-37(31,34)35/h1-11,13-14,22,24H,12,31H2,(H2,32,34,35)(H2,33,36,37);1-11,13-14,22,24H,12,31H2,(H2,32,33,34)(H,35,36,37);1-13,23H,14H2,(H2,30,32,33)(H2,31,34,35). The lowest BCUT2D eigenvalue weighted by atomic mass is 10.0. The quantitative estimate of drug-likeness (QED) is 0.0218. The van der Waals surface area contributed by atoms with Gasteiger partial charge in [0.2, 0.25) is 73.8 Å². The summed E-state index contributed by atoms with van der Waals surface area (Å²) in [5.74, 6) is -3.98. The van der Waals surface area contributed by atoms with Crippen molar-refractivity contribution in [3.05, 3.63) is 287 Å². The normalized spacial score (nSPS) is 13.3. The molecule has 3 heterocycles. The molecule has 0 aliphatic carbocycles. The molecule has 0 spiro atoms. The van der Waals surface area contributed by atoms with Gasteiger partial charge in [0.15, 0.2) is 0 Å². The Kier molecular flexibility index (Phi) is 26.3. The molecule has 15 N–H and O–H groups in total. The van der Waals surface area contributed by atoms with Gasteiger partial charge >= 0.3 is 18.5 Å². The molecule has 0 amide bonds. The largest absolute Gasteiger partial charge is 0.460 e. The molecular formula is C77H65F12N13O10S3. The van der Waals surface area contributed by atoms with Crippen LogP contribution in [0.4, 0.5) is 70.5 Å². The maximum atomic E-state index is 14.0. The number of nitrogens with zero attached hydrogens (tertiary/aromatic N) is 6. The first-order valence-electron chi connectivity index (χ1n) is 33.5. The summed E-state index contributed by atoms with van der Waals surface area (Å²) in [6, 6.07) is 55.2. The lowest BCUT2D eigenvalue weighted by Gasteiger charge is -2.22. The van der Waals surface area contributed by atoms with Crippen LogP contribution >= 0.6 is 0 Å². The van der Waals surface area contributed by atoms with Gasteiger partial charge in [-0.2, -0.15) is 62.9 Å². The van der Waals surface area contributed by atoms with Crippen LogP contribution in [0, 0.1) is 17.5 Å². The van der Waals surface area contributed by atoms with E-state index in [4.69, 9.17) is 57.7 Å². The Morgan fingerprint density at radius 3 is 0.843 bits per heavy atom. The van der Waals surface area contributed by atoms with Crippen molar-refractivity contribution >= 4 is 48.0 Å². The Bertz CT molecular complexity index is 5520. The average Bonchev–Trinajstić information content (AvgIpc) is 0.807. The maximum Gasteiger partial charge on any atom is 0.429 e. The first kappa shape index (κ1) is 85.3. The number of hydrogen-bond donors (Lipinski definition) is 8. The van der Waals surface area contributed by atoms with Gasteiger partial charge in [0.05, 0.1) is 22.8 Å². The Hall–Kier alpha value is -12.2. The van der Waals surface area contributed by atoms with Crippen LogP contribution < -0.4 is 53.2 Å². The molecule has 0 fully saturated rings. The number of halogens is 12. The highest BCUT2D eigenvalue weighted by molar-refractivity contribution is 7.89. The van der Waals surface area contributed by atoms with E-state index >= 15 is 0 Å². The summed E-state index contributed by atoms with van der Waals surface area (Å²) in [4.78, 5) is 23.5. The van der Waals surface area contributed by atoms with Gasteiger partial charge in [0.1, 0.15) is 28.2 Å². The van der Waals surface area contributed by atoms with Crippen molar-refractivity contribution < 1.29 is 96.7 Å².